The highest BCUT2D eigenvalue weighted by atomic mass is 32.2. The van der Waals surface area contributed by atoms with Crippen molar-refractivity contribution in [3.8, 4) is 0 Å². The van der Waals surface area contributed by atoms with Crippen LogP contribution in [0, 0.1) is 13.8 Å². The summed E-state index contributed by atoms with van der Waals surface area (Å²) in [6, 6.07) is 12.9. The highest BCUT2D eigenvalue weighted by Gasteiger charge is 2.09. The van der Waals surface area contributed by atoms with Gasteiger partial charge in [-0.05, 0) is 50.1 Å². The fourth-order valence-corrected chi connectivity index (χ4v) is 3.05. The molecule has 2 aromatic heterocycles. The second-order valence-corrected chi connectivity index (χ2v) is 5.87. The molecule has 3 rings (SSSR count). The Morgan fingerprint density at radius 2 is 1.84 bits per heavy atom. The molecule has 2 nitrogen and oxygen atoms in total. The molecule has 94 valence electrons. The van der Waals surface area contributed by atoms with Gasteiger partial charge in [0.05, 0.1) is 0 Å². The van der Waals surface area contributed by atoms with E-state index in [1.807, 2.05) is 6.20 Å². The lowest BCUT2D eigenvalue weighted by Gasteiger charge is -2.07. The van der Waals surface area contributed by atoms with Crippen LogP contribution in [-0.2, 0) is 0 Å². The highest BCUT2D eigenvalue weighted by molar-refractivity contribution is 7.98. The van der Waals surface area contributed by atoms with Crippen LogP contribution in [0.5, 0.6) is 0 Å². The molecule has 0 aliphatic carbocycles. The standard InChI is InChI=1S/C15H15BN2S/c1-10-3-5-12(6-4-10)19-18-11(2)9-13-14(16)7-8-17-15(13)18/h3-9H,16H2,1-2H3. The van der Waals surface area contributed by atoms with E-state index in [0.29, 0.717) is 0 Å². The minimum Gasteiger partial charge on any atom is -0.268 e. The number of fused-ring (bicyclic) bond motifs is 1. The summed E-state index contributed by atoms with van der Waals surface area (Å²) in [6.45, 7) is 4.23. The van der Waals surface area contributed by atoms with Gasteiger partial charge in [-0.25, -0.2) is 4.98 Å². The summed E-state index contributed by atoms with van der Waals surface area (Å²) < 4.78 is 2.20. The molecule has 0 saturated heterocycles. The fraction of sp³-hybridized carbons (Fsp3) is 0.133. The van der Waals surface area contributed by atoms with Gasteiger partial charge in [-0.15, -0.1) is 0 Å². The van der Waals surface area contributed by atoms with E-state index in [9.17, 15) is 0 Å². The van der Waals surface area contributed by atoms with Crippen molar-refractivity contribution in [1.82, 2.24) is 8.96 Å². The first kappa shape index (κ1) is 12.4. The first-order chi connectivity index (χ1) is 9.15. The van der Waals surface area contributed by atoms with Crippen LogP contribution in [0.2, 0.25) is 0 Å². The van der Waals surface area contributed by atoms with E-state index in [-0.39, 0.29) is 0 Å². The third-order valence-electron chi connectivity index (χ3n) is 3.27. The molecule has 0 aliphatic heterocycles. The van der Waals surface area contributed by atoms with Crippen molar-refractivity contribution in [3.05, 3.63) is 53.9 Å². The van der Waals surface area contributed by atoms with E-state index in [0.717, 1.165) is 5.65 Å². The molecule has 4 heteroatoms. The zero-order chi connectivity index (χ0) is 13.4. The molecule has 19 heavy (non-hydrogen) atoms. The molecule has 0 aliphatic rings. The number of rotatable bonds is 2. The Balaban J connectivity index is 2.07. The molecule has 0 fully saturated rings. The summed E-state index contributed by atoms with van der Waals surface area (Å²) in [6.07, 6.45) is 1.88. The van der Waals surface area contributed by atoms with E-state index < -0.39 is 0 Å². The first-order valence-corrected chi connectivity index (χ1v) is 7.11. The van der Waals surface area contributed by atoms with Gasteiger partial charge in [-0.1, -0.05) is 23.2 Å². The zero-order valence-electron chi connectivity index (χ0n) is 11.3. The van der Waals surface area contributed by atoms with Crippen LogP contribution >= 0.6 is 11.9 Å². The normalized spacial score (nSPS) is 11.1. The molecule has 1 aromatic carbocycles. The lowest BCUT2D eigenvalue weighted by molar-refractivity contribution is 1.17. The number of nitrogens with zero attached hydrogens (tertiary/aromatic N) is 2. The van der Waals surface area contributed by atoms with Crippen molar-refractivity contribution < 1.29 is 0 Å². The number of hydrogen-bond acceptors (Lipinski definition) is 2. The van der Waals surface area contributed by atoms with Crippen molar-refractivity contribution in [2.75, 3.05) is 0 Å². The van der Waals surface area contributed by atoms with Gasteiger partial charge in [0, 0.05) is 22.2 Å². The molecule has 0 N–H and O–H groups in total. The molecular weight excluding hydrogens is 251 g/mol. The Hall–Kier alpha value is -1.68. The average molecular weight is 266 g/mol. The average Bonchev–Trinajstić information content (AvgIpc) is 2.71. The maximum absolute atomic E-state index is 4.52. The zero-order valence-corrected chi connectivity index (χ0v) is 12.2. The molecule has 0 radical (unpaired) electrons. The molecule has 0 spiro atoms. The summed E-state index contributed by atoms with van der Waals surface area (Å²) in [7, 11) is 2.13. The molecule has 3 aromatic rings. The third kappa shape index (κ3) is 2.28. The van der Waals surface area contributed by atoms with Crippen molar-refractivity contribution >= 4 is 36.3 Å². The molecule has 2 heterocycles. The Kier molecular flexibility index (Phi) is 3.11. The summed E-state index contributed by atoms with van der Waals surface area (Å²) in [4.78, 5) is 5.75. The molecule has 0 saturated carbocycles. The van der Waals surface area contributed by atoms with Gasteiger partial charge >= 0.3 is 0 Å². The number of aryl methyl sites for hydroxylation is 2. The Bertz CT molecular complexity index is 732. The SMILES string of the molecule is Bc1ccnc2c1cc(C)n2Sc1ccc(C)cc1. The topological polar surface area (TPSA) is 17.8 Å². The molecular formula is C15H15BN2S. The number of benzene rings is 1. The van der Waals surface area contributed by atoms with Gasteiger partial charge in [0.15, 0.2) is 0 Å². The fourth-order valence-electron chi connectivity index (χ4n) is 2.15. The lowest BCUT2D eigenvalue weighted by Crippen LogP contribution is -2.03. The Morgan fingerprint density at radius 3 is 2.58 bits per heavy atom. The Labute approximate surface area is 118 Å². The van der Waals surface area contributed by atoms with Crippen molar-refractivity contribution in [2.45, 2.75) is 18.7 Å². The van der Waals surface area contributed by atoms with Gasteiger partial charge in [-0.3, -0.25) is 3.97 Å². The van der Waals surface area contributed by atoms with E-state index in [4.69, 9.17) is 0 Å². The largest absolute Gasteiger partial charge is 0.268 e. The maximum Gasteiger partial charge on any atom is 0.149 e. The first-order valence-electron chi connectivity index (χ1n) is 6.34. The van der Waals surface area contributed by atoms with Crippen LogP contribution in [0.1, 0.15) is 11.3 Å². The second kappa shape index (κ2) is 4.78. The van der Waals surface area contributed by atoms with E-state index in [1.165, 1.54) is 27.0 Å². The van der Waals surface area contributed by atoms with Gasteiger partial charge in [-0.2, -0.15) is 0 Å². The minimum atomic E-state index is 1.04. The van der Waals surface area contributed by atoms with Gasteiger partial charge in [0.2, 0.25) is 0 Å². The third-order valence-corrected chi connectivity index (χ3v) is 4.40. The van der Waals surface area contributed by atoms with E-state index in [1.54, 1.807) is 11.9 Å². The summed E-state index contributed by atoms with van der Waals surface area (Å²) in [5.74, 6) is 0. The minimum absolute atomic E-state index is 1.04. The Morgan fingerprint density at radius 1 is 1.11 bits per heavy atom. The molecule has 0 unspecified atom stereocenters. The van der Waals surface area contributed by atoms with E-state index >= 15 is 0 Å². The summed E-state index contributed by atoms with van der Waals surface area (Å²) in [5.41, 5.74) is 4.83. The van der Waals surface area contributed by atoms with Crippen LogP contribution in [0.4, 0.5) is 0 Å². The quantitative estimate of drug-likeness (QED) is 0.663. The maximum atomic E-state index is 4.52. The molecule has 0 atom stereocenters. The predicted molar refractivity (Wildman–Crippen MR) is 85.1 cm³/mol. The molecule has 0 amide bonds. The van der Waals surface area contributed by atoms with Crippen molar-refractivity contribution in [1.29, 1.82) is 0 Å². The number of pyridine rings is 1. The predicted octanol–water partition coefficient (Wildman–Crippen LogP) is 2.47. The van der Waals surface area contributed by atoms with Crippen LogP contribution in [0.25, 0.3) is 11.0 Å². The monoisotopic (exact) mass is 266 g/mol. The van der Waals surface area contributed by atoms with Gasteiger partial charge in [0.25, 0.3) is 0 Å². The number of hydrogen-bond donors (Lipinski definition) is 0. The van der Waals surface area contributed by atoms with Crippen molar-refractivity contribution in [3.63, 3.8) is 0 Å². The van der Waals surface area contributed by atoms with Crippen molar-refractivity contribution in [2.24, 2.45) is 0 Å². The lowest BCUT2D eigenvalue weighted by atomic mass is 9.94. The van der Waals surface area contributed by atoms with Gasteiger partial charge < -0.3 is 0 Å². The van der Waals surface area contributed by atoms with Crippen LogP contribution < -0.4 is 5.46 Å². The smallest absolute Gasteiger partial charge is 0.149 e. The number of aromatic nitrogens is 2. The summed E-state index contributed by atoms with van der Waals surface area (Å²) in [5, 5.41) is 1.24. The van der Waals surface area contributed by atoms with Crippen LogP contribution in [0.3, 0.4) is 0 Å². The second-order valence-electron chi connectivity index (χ2n) is 4.85. The van der Waals surface area contributed by atoms with Gasteiger partial charge in [0.1, 0.15) is 13.5 Å². The van der Waals surface area contributed by atoms with E-state index in [2.05, 4.69) is 67.0 Å². The molecule has 0 bridgehead atoms. The highest BCUT2D eigenvalue weighted by Crippen LogP contribution is 2.27. The van der Waals surface area contributed by atoms with Crippen LogP contribution in [0.15, 0.2) is 47.5 Å². The van der Waals surface area contributed by atoms with Crippen LogP contribution in [-0.4, -0.2) is 16.8 Å². The summed E-state index contributed by atoms with van der Waals surface area (Å²) >= 11 is 1.72.